The van der Waals surface area contributed by atoms with Crippen molar-refractivity contribution in [3.63, 3.8) is 0 Å². The van der Waals surface area contributed by atoms with Crippen molar-refractivity contribution in [3.05, 3.63) is 39.1 Å². The molecule has 5 rings (SSSR count). The van der Waals surface area contributed by atoms with E-state index >= 15 is 0 Å². The summed E-state index contributed by atoms with van der Waals surface area (Å²) in [5, 5.41) is 2.02. The maximum absolute atomic E-state index is 13.1. The summed E-state index contributed by atoms with van der Waals surface area (Å²) in [5.74, 6) is 1.36. The fourth-order valence-corrected chi connectivity index (χ4v) is 6.98. The van der Waals surface area contributed by atoms with Crippen LogP contribution in [0.25, 0.3) is 10.2 Å². The summed E-state index contributed by atoms with van der Waals surface area (Å²) in [6.45, 7) is 6.17. The van der Waals surface area contributed by atoms with Gasteiger partial charge in [-0.1, -0.05) is 18.5 Å². The largest absolute Gasteiger partial charge is 0.417 e. The normalized spacial score (nSPS) is 19.7. The van der Waals surface area contributed by atoms with Crippen LogP contribution in [-0.2, 0) is 30.3 Å². The maximum atomic E-state index is 13.1. The summed E-state index contributed by atoms with van der Waals surface area (Å²) in [6.07, 6.45) is -0.587. The number of pyridine rings is 1. The molecule has 3 aromatic rings. The van der Waals surface area contributed by atoms with Crippen LogP contribution >= 0.6 is 34.7 Å². The first-order valence-electron chi connectivity index (χ1n) is 10.9. The van der Waals surface area contributed by atoms with Crippen molar-refractivity contribution in [1.82, 2.24) is 15.0 Å². The Hall–Kier alpha value is -1.46. The van der Waals surface area contributed by atoms with Crippen LogP contribution in [0.2, 0.25) is 5.02 Å². The molecule has 1 aliphatic heterocycles. The lowest BCUT2D eigenvalue weighted by atomic mass is 9.89. The molecule has 1 aliphatic carbocycles. The summed E-state index contributed by atoms with van der Waals surface area (Å²) >= 11 is 9.17. The zero-order valence-electron chi connectivity index (χ0n) is 18.0. The van der Waals surface area contributed by atoms with Gasteiger partial charge in [-0.15, -0.1) is 11.3 Å². The molecule has 1 fully saturated rings. The third-order valence-electron chi connectivity index (χ3n) is 6.10. The van der Waals surface area contributed by atoms with Crippen LogP contribution in [0, 0.1) is 5.92 Å². The topological polar surface area (TPSA) is 52.3 Å². The van der Waals surface area contributed by atoms with Crippen molar-refractivity contribution in [1.29, 1.82) is 0 Å². The Balaban J connectivity index is 1.55. The highest BCUT2D eigenvalue weighted by atomic mass is 35.5. The average Bonchev–Trinajstić information content (AvgIpc) is 3.12. The molecule has 3 aromatic heterocycles. The van der Waals surface area contributed by atoms with Crippen LogP contribution in [-0.4, -0.2) is 41.3 Å². The number of alkyl halides is 3. The highest BCUT2D eigenvalue weighted by Crippen LogP contribution is 2.43. The molecule has 0 amide bonds. The molecule has 1 saturated heterocycles. The number of fused-ring (bicyclic) bond motifs is 3. The van der Waals surface area contributed by atoms with Gasteiger partial charge in [-0.3, -0.25) is 0 Å². The Morgan fingerprint density at radius 2 is 2.03 bits per heavy atom. The van der Waals surface area contributed by atoms with Crippen LogP contribution in [0.4, 0.5) is 13.2 Å². The molecule has 0 spiro atoms. The first-order valence-corrected chi connectivity index (χ1v) is 12.9. The predicted octanol–water partition coefficient (Wildman–Crippen LogP) is 4.45. The predicted molar refractivity (Wildman–Crippen MR) is 122 cm³/mol. The number of thiophene rings is 1. The van der Waals surface area contributed by atoms with Crippen molar-refractivity contribution in [2.45, 2.75) is 49.0 Å². The maximum Gasteiger partial charge on any atom is 0.417 e. The molecule has 0 radical (unpaired) electrons. The Labute approximate surface area is 202 Å². The molecule has 0 saturated carbocycles. The van der Waals surface area contributed by atoms with E-state index in [0.717, 1.165) is 78.9 Å². The number of hydrogen-bond donors (Lipinski definition) is 1. The number of rotatable bonds is 4. The minimum Gasteiger partial charge on any atom is -0.370 e. The number of ether oxygens (including phenoxy) is 1. The molecule has 0 bridgehead atoms. The highest BCUT2D eigenvalue weighted by Gasteiger charge is 2.32. The number of halogens is 4. The number of aryl methyl sites for hydroxylation is 1. The molecule has 1 atom stereocenters. The molecule has 0 unspecified atom stereocenters. The van der Waals surface area contributed by atoms with Gasteiger partial charge in [0.2, 0.25) is 0 Å². The number of nitrogens with one attached hydrogen (secondary N) is 1. The second kappa shape index (κ2) is 9.30. The molecule has 33 heavy (non-hydrogen) atoms. The zero-order chi connectivity index (χ0) is 23.2. The van der Waals surface area contributed by atoms with Gasteiger partial charge >= 0.3 is 6.18 Å². The van der Waals surface area contributed by atoms with Crippen molar-refractivity contribution >= 4 is 44.9 Å². The first-order chi connectivity index (χ1) is 15.8. The van der Waals surface area contributed by atoms with Gasteiger partial charge in [0.05, 0.1) is 23.8 Å². The van der Waals surface area contributed by atoms with Gasteiger partial charge in [-0.2, -0.15) is 13.2 Å². The van der Waals surface area contributed by atoms with Crippen LogP contribution in [0.15, 0.2) is 22.3 Å². The van der Waals surface area contributed by atoms with Crippen LogP contribution < -0.4 is 4.90 Å². The number of quaternary nitrogens is 1. The van der Waals surface area contributed by atoms with Gasteiger partial charge in [0, 0.05) is 16.5 Å². The number of morpholine rings is 1. The molecule has 11 heteroatoms. The third-order valence-corrected chi connectivity index (χ3v) is 8.66. The second-order valence-electron chi connectivity index (χ2n) is 8.63. The monoisotopic (exact) mass is 515 g/mol. The van der Waals surface area contributed by atoms with E-state index in [1.165, 1.54) is 27.1 Å². The van der Waals surface area contributed by atoms with E-state index in [1.54, 1.807) is 11.3 Å². The van der Waals surface area contributed by atoms with Crippen LogP contribution in [0.3, 0.4) is 0 Å². The second-order valence-corrected chi connectivity index (χ2v) is 11.1. The lowest BCUT2D eigenvalue weighted by molar-refractivity contribution is -0.922. The summed E-state index contributed by atoms with van der Waals surface area (Å²) in [7, 11) is 0. The van der Waals surface area contributed by atoms with E-state index in [1.807, 2.05) is 0 Å². The fraction of sp³-hybridized carbons (Fsp3) is 0.500. The van der Waals surface area contributed by atoms with E-state index < -0.39 is 11.7 Å². The molecule has 2 aliphatic rings. The van der Waals surface area contributed by atoms with Crippen molar-refractivity contribution in [3.8, 4) is 0 Å². The standard InChI is InChI=1S/C22H22ClF3N4OS2/c1-12-2-3-14-16(8-12)32-20-18(14)21(29-17(28-20)11-30-4-6-31-7-5-30)33-19-15(23)9-13(10-27-19)22(24,25)26/h9-10,12H,2-8,11H2,1H3/p+1/t12-/m0/s1. The molecule has 1 N–H and O–H groups in total. The molecule has 176 valence electrons. The Bertz CT molecular complexity index is 1180. The minimum absolute atomic E-state index is 0.0281. The van der Waals surface area contributed by atoms with Gasteiger partial charge in [0.15, 0.2) is 5.82 Å². The molecule has 5 nitrogen and oxygen atoms in total. The Morgan fingerprint density at radius 3 is 2.76 bits per heavy atom. The van der Waals surface area contributed by atoms with E-state index in [0.29, 0.717) is 17.5 Å². The summed E-state index contributed by atoms with van der Waals surface area (Å²) in [5.41, 5.74) is 0.409. The van der Waals surface area contributed by atoms with Crippen molar-refractivity contribution in [2.24, 2.45) is 5.92 Å². The smallest absolute Gasteiger partial charge is 0.370 e. The summed E-state index contributed by atoms with van der Waals surface area (Å²) in [4.78, 5) is 17.4. The lowest BCUT2D eigenvalue weighted by Gasteiger charge is -2.23. The van der Waals surface area contributed by atoms with Gasteiger partial charge in [0.1, 0.15) is 34.5 Å². The van der Waals surface area contributed by atoms with Gasteiger partial charge in [-0.05, 0) is 48.6 Å². The quantitative estimate of drug-likeness (QED) is 0.520. The van der Waals surface area contributed by atoms with Gasteiger partial charge in [-0.25, -0.2) is 15.0 Å². The van der Waals surface area contributed by atoms with Gasteiger partial charge < -0.3 is 9.64 Å². The highest BCUT2D eigenvalue weighted by molar-refractivity contribution is 7.99. The van der Waals surface area contributed by atoms with Crippen LogP contribution in [0.1, 0.15) is 35.2 Å². The SMILES string of the molecule is C[C@H]1CCc2c(sc3nc(C[NH+]4CCOCC4)nc(Sc4ncc(C(F)(F)F)cc4Cl)c23)C1. The third kappa shape index (κ3) is 5.00. The van der Waals surface area contributed by atoms with E-state index in [2.05, 4.69) is 11.9 Å². The molecular formula is C22H23ClF3N4OS2+. The number of aromatic nitrogens is 3. The van der Waals surface area contributed by atoms with E-state index in [4.69, 9.17) is 26.3 Å². The summed E-state index contributed by atoms with van der Waals surface area (Å²) < 4.78 is 44.6. The van der Waals surface area contributed by atoms with E-state index in [9.17, 15) is 13.2 Å². The first kappa shape index (κ1) is 23.3. The van der Waals surface area contributed by atoms with Crippen molar-refractivity contribution < 1.29 is 22.8 Å². The zero-order valence-corrected chi connectivity index (χ0v) is 20.4. The number of hydrogen-bond acceptors (Lipinski definition) is 6. The summed E-state index contributed by atoms with van der Waals surface area (Å²) in [6, 6.07) is 0.929. The molecular weight excluding hydrogens is 493 g/mol. The molecule has 4 heterocycles. The number of nitrogens with zero attached hydrogens (tertiary/aromatic N) is 3. The van der Waals surface area contributed by atoms with E-state index in [-0.39, 0.29) is 5.02 Å². The minimum atomic E-state index is -4.49. The Kier molecular flexibility index (Phi) is 6.56. The van der Waals surface area contributed by atoms with Gasteiger partial charge in [0.25, 0.3) is 0 Å². The average molecular weight is 516 g/mol. The fourth-order valence-electron chi connectivity index (χ4n) is 4.31. The van der Waals surface area contributed by atoms with Crippen molar-refractivity contribution in [2.75, 3.05) is 26.3 Å². The molecule has 0 aromatic carbocycles. The Morgan fingerprint density at radius 1 is 1.24 bits per heavy atom. The lowest BCUT2D eigenvalue weighted by Crippen LogP contribution is -3.12. The van der Waals surface area contributed by atoms with Crippen LogP contribution in [0.5, 0.6) is 0 Å².